The van der Waals surface area contributed by atoms with Crippen LogP contribution in [0.25, 0.3) is 11.3 Å². The van der Waals surface area contributed by atoms with Gasteiger partial charge in [0.2, 0.25) is 0 Å². The molecule has 4 atom stereocenters. The van der Waals surface area contributed by atoms with Gasteiger partial charge in [0.25, 0.3) is 5.91 Å². The molecule has 1 aromatic heterocycles. The largest absolute Gasteiger partial charge is 0.381 e. The molecule has 1 amide bonds. The van der Waals surface area contributed by atoms with E-state index in [1.807, 2.05) is 71.5 Å². The monoisotopic (exact) mass is 434 g/mol. The van der Waals surface area contributed by atoms with Crippen LogP contribution in [-0.2, 0) is 16.0 Å². The summed E-state index contributed by atoms with van der Waals surface area (Å²) >= 11 is 0. The number of rotatable bonds is 9. The number of hydrogen-bond donors (Lipinski definition) is 2. The lowest BCUT2D eigenvalue weighted by atomic mass is 10.1. The molecule has 168 valence electrons. The molecule has 7 nitrogen and oxygen atoms in total. The third-order valence-corrected chi connectivity index (χ3v) is 5.95. The lowest BCUT2D eigenvalue weighted by Crippen LogP contribution is -2.43. The van der Waals surface area contributed by atoms with Crippen molar-refractivity contribution in [2.24, 2.45) is 0 Å². The molecule has 1 aliphatic heterocycles. The van der Waals surface area contributed by atoms with Gasteiger partial charge in [-0.15, -0.1) is 5.10 Å². The van der Waals surface area contributed by atoms with E-state index in [2.05, 4.69) is 22.6 Å². The Balaban J connectivity index is 1.23. The van der Waals surface area contributed by atoms with Crippen LogP contribution in [0.2, 0.25) is 0 Å². The number of amides is 1. The fourth-order valence-corrected chi connectivity index (χ4v) is 4.11. The minimum Gasteiger partial charge on any atom is -0.381 e. The highest BCUT2D eigenvalue weighted by Crippen LogP contribution is 2.29. The van der Waals surface area contributed by atoms with E-state index in [0.717, 1.165) is 36.1 Å². The molecule has 32 heavy (non-hydrogen) atoms. The second-order valence-corrected chi connectivity index (χ2v) is 8.38. The van der Waals surface area contributed by atoms with E-state index in [1.54, 1.807) is 0 Å². The van der Waals surface area contributed by atoms with Gasteiger partial charge in [-0.3, -0.25) is 4.79 Å². The number of carbonyl (C=O) groups is 1. The Bertz CT molecular complexity index is 993. The Hall–Kier alpha value is -3.03. The van der Waals surface area contributed by atoms with Gasteiger partial charge in [0.05, 0.1) is 24.4 Å². The van der Waals surface area contributed by atoms with E-state index < -0.39 is 12.2 Å². The maximum absolute atomic E-state index is 12.3. The summed E-state index contributed by atoms with van der Waals surface area (Å²) in [7, 11) is 0. The molecule has 2 N–H and O–H groups in total. The number of ether oxygens (including phenoxy) is 1. The zero-order valence-corrected chi connectivity index (χ0v) is 18.3. The van der Waals surface area contributed by atoms with E-state index in [4.69, 9.17) is 4.74 Å². The first-order chi connectivity index (χ1) is 15.6. The average Bonchev–Trinajstić information content (AvgIpc) is 3.50. The zero-order valence-electron chi connectivity index (χ0n) is 18.3. The van der Waals surface area contributed by atoms with Crippen molar-refractivity contribution in [2.75, 3.05) is 6.54 Å². The average molecular weight is 435 g/mol. The SMILES string of the molecule is C[C@H](C[C@H]1CC[C@@H]([C@H](O)C(=O)NCCc2ccccc2)O1)n1cc(-c2ccccc2)nn1. The topological polar surface area (TPSA) is 89.3 Å². The molecule has 0 unspecified atom stereocenters. The number of aromatic nitrogens is 3. The minimum absolute atomic E-state index is 0.0221. The summed E-state index contributed by atoms with van der Waals surface area (Å²) in [4.78, 5) is 12.3. The summed E-state index contributed by atoms with van der Waals surface area (Å²) in [5.41, 5.74) is 3.02. The first kappa shape index (κ1) is 22.2. The van der Waals surface area contributed by atoms with Gasteiger partial charge in [0, 0.05) is 12.1 Å². The molecule has 2 heterocycles. The first-order valence-electron chi connectivity index (χ1n) is 11.2. The summed E-state index contributed by atoms with van der Waals surface area (Å²) in [6.07, 6.45) is 3.25. The van der Waals surface area contributed by atoms with Gasteiger partial charge in [-0.25, -0.2) is 4.68 Å². The van der Waals surface area contributed by atoms with Gasteiger partial charge >= 0.3 is 0 Å². The minimum atomic E-state index is -1.15. The Labute approximate surface area is 188 Å². The molecular weight excluding hydrogens is 404 g/mol. The smallest absolute Gasteiger partial charge is 0.251 e. The summed E-state index contributed by atoms with van der Waals surface area (Å²) < 4.78 is 7.87. The molecule has 0 saturated carbocycles. The molecule has 4 rings (SSSR count). The standard InChI is InChI=1S/C25H30N4O3/c1-18(29-17-22(27-28-29)20-10-6-3-7-11-20)16-21-12-13-23(32-21)24(30)25(31)26-15-14-19-8-4-2-5-9-19/h2-11,17-18,21,23-24,30H,12-16H2,1H3,(H,26,31)/t18-,21-,23+,24+/m1/s1. The van der Waals surface area contributed by atoms with Crippen molar-refractivity contribution in [2.45, 2.75) is 57.0 Å². The van der Waals surface area contributed by atoms with Crippen LogP contribution >= 0.6 is 0 Å². The predicted molar refractivity (Wildman–Crippen MR) is 122 cm³/mol. The quantitative estimate of drug-likeness (QED) is 0.540. The third kappa shape index (κ3) is 5.60. The molecule has 2 aromatic carbocycles. The highest BCUT2D eigenvalue weighted by Gasteiger charge is 2.35. The Morgan fingerprint density at radius 3 is 2.62 bits per heavy atom. The molecule has 1 saturated heterocycles. The molecule has 3 aromatic rings. The van der Waals surface area contributed by atoms with Crippen molar-refractivity contribution in [1.29, 1.82) is 0 Å². The van der Waals surface area contributed by atoms with Crippen LogP contribution in [0.15, 0.2) is 66.9 Å². The zero-order chi connectivity index (χ0) is 22.3. The summed E-state index contributed by atoms with van der Waals surface area (Å²) in [5, 5.41) is 21.8. The predicted octanol–water partition coefficient (Wildman–Crippen LogP) is 3.16. The fourth-order valence-electron chi connectivity index (χ4n) is 4.11. The van der Waals surface area contributed by atoms with Crippen LogP contribution in [0.3, 0.4) is 0 Å². The fraction of sp³-hybridized carbons (Fsp3) is 0.400. The highest BCUT2D eigenvalue weighted by molar-refractivity contribution is 5.81. The molecular formula is C25H30N4O3. The lowest BCUT2D eigenvalue weighted by molar-refractivity contribution is -0.137. The summed E-state index contributed by atoms with van der Waals surface area (Å²) in [5.74, 6) is -0.372. The summed E-state index contributed by atoms with van der Waals surface area (Å²) in [6, 6.07) is 20.0. The van der Waals surface area contributed by atoms with Gasteiger partial charge in [-0.1, -0.05) is 65.9 Å². The lowest BCUT2D eigenvalue weighted by Gasteiger charge is -2.20. The number of nitrogens with zero attached hydrogens (tertiary/aromatic N) is 3. The summed E-state index contributed by atoms with van der Waals surface area (Å²) in [6.45, 7) is 2.57. The first-order valence-corrected chi connectivity index (χ1v) is 11.2. The number of hydrogen-bond acceptors (Lipinski definition) is 5. The van der Waals surface area contributed by atoms with Crippen LogP contribution in [0.5, 0.6) is 0 Å². The van der Waals surface area contributed by atoms with Gasteiger partial charge in [0.15, 0.2) is 6.10 Å². The van der Waals surface area contributed by atoms with Gasteiger partial charge in [-0.05, 0) is 38.2 Å². The number of nitrogens with one attached hydrogen (secondary N) is 1. The van der Waals surface area contributed by atoms with Gasteiger partial charge in [-0.2, -0.15) is 0 Å². The number of aliphatic hydroxyl groups excluding tert-OH is 1. The van der Waals surface area contributed by atoms with Crippen molar-refractivity contribution in [3.63, 3.8) is 0 Å². The van der Waals surface area contributed by atoms with Crippen molar-refractivity contribution in [3.05, 3.63) is 72.4 Å². The highest BCUT2D eigenvalue weighted by atomic mass is 16.5. The molecule has 0 radical (unpaired) electrons. The Morgan fingerprint density at radius 1 is 1.16 bits per heavy atom. The van der Waals surface area contributed by atoms with E-state index in [0.29, 0.717) is 13.0 Å². The molecule has 0 aliphatic carbocycles. The van der Waals surface area contributed by atoms with Crippen molar-refractivity contribution in [1.82, 2.24) is 20.3 Å². The van der Waals surface area contributed by atoms with E-state index >= 15 is 0 Å². The maximum atomic E-state index is 12.3. The number of carbonyl (C=O) groups excluding carboxylic acids is 1. The Kier molecular flexibility index (Phi) is 7.29. The van der Waals surface area contributed by atoms with Gasteiger partial charge in [0.1, 0.15) is 5.69 Å². The molecule has 7 heteroatoms. The van der Waals surface area contributed by atoms with Crippen LogP contribution in [0.4, 0.5) is 0 Å². The van der Waals surface area contributed by atoms with Crippen LogP contribution < -0.4 is 5.32 Å². The van der Waals surface area contributed by atoms with Crippen molar-refractivity contribution in [3.8, 4) is 11.3 Å². The number of benzene rings is 2. The molecule has 1 fully saturated rings. The molecule has 0 bridgehead atoms. The van der Waals surface area contributed by atoms with E-state index in [9.17, 15) is 9.90 Å². The normalized spacial score (nSPS) is 20.1. The molecule has 1 aliphatic rings. The van der Waals surface area contributed by atoms with Crippen LogP contribution in [-0.4, -0.2) is 50.9 Å². The van der Waals surface area contributed by atoms with Crippen LogP contribution in [0, 0.1) is 0 Å². The second kappa shape index (κ2) is 10.5. The van der Waals surface area contributed by atoms with E-state index in [-0.39, 0.29) is 18.1 Å². The molecule has 0 spiro atoms. The van der Waals surface area contributed by atoms with Crippen molar-refractivity contribution >= 4 is 5.91 Å². The number of aliphatic hydroxyl groups is 1. The van der Waals surface area contributed by atoms with Crippen LogP contribution in [0.1, 0.15) is 37.8 Å². The van der Waals surface area contributed by atoms with Crippen molar-refractivity contribution < 1.29 is 14.6 Å². The van der Waals surface area contributed by atoms with Gasteiger partial charge < -0.3 is 15.2 Å². The van der Waals surface area contributed by atoms with E-state index in [1.165, 1.54) is 0 Å². The third-order valence-electron chi connectivity index (χ3n) is 5.95. The maximum Gasteiger partial charge on any atom is 0.251 e. The Morgan fingerprint density at radius 2 is 1.88 bits per heavy atom. The second-order valence-electron chi connectivity index (χ2n) is 8.38.